The third kappa shape index (κ3) is 3.77. The van der Waals surface area contributed by atoms with Crippen LogP contribution in [0.25, 0.3) is 0 Å². The fourth-order valence-electron chi connectivity index (χ4n) is 3.00. The summed E-state index contributed by atoms with van der Waals surface area (Å²) in [6.07, 6.45) is 0.634. The van der Waals surface area contributed by atoms with Crippen molar-refractivity contribution < 1.29 is 13.2 Å². The third-order valence-electron chi connectivity index (χ3n) is 4.58. The largest absolute Gasteiger partial charge is 0.311 e. The number of nitrogens with zero attached hydrogens (tertiary/aromatic N) is 2. The van der Waals surface area contributed by atoms with E-state index in [0.717, 1.165) is 11.3 Å². The van der Waals surface area contributed by atoms with Crippen LogP contribution in [-0.2, 0) is 21.2 Å². The summed E-state index contributed by atoms with van der Waals surface area (Å²) in [5.41, 5.74) is 1.61. The van der Waals surface area contributed by atoms with Gasteiger partial charge in [-0.2, -0.15) is 0 Å². The first-order chi connectivity index (χ1) is 11.8. The predicted octanol–water partition coefficient (Wildman–Crippen LogP) is 1.98. The zero-order valence-electron chi connectivity index (χ0n) is 14.2. The third-order valence-corrected chi connectivity index (χ3v) is 6.53. The number of hydrogen-bond acceptors (Lipinski definition) is 5. The van der Waals surface area contributed by atoms with Crippen molar-refractivity contribution >= 4 is 33.0 Å². The van der Waals surface area contributed by atoms with Gasteiger partial charge in [0.1, 0.15) is 0 Å². The SMILES string of the molecule is CC(c1cccs1)N(C)CC(=O)N1CCc2cc(S(N)(=O)=O)ccc21. The van der Waals surface area contributed by atoms with Crippen molar-refractivity contribution in [2.45, 2.75) is 24.3 Å². The van der Waals surface area contributed by atoms with E-state index < -0.39 is 10.0 Å². The number of amides is 1. The zero-order chi connectivity index (χ0) is 18.2. The van der Waals surface area contributed by atoms with Crippen LogP contribution >= 0.6 is 11.3 Å². The van der Waals surface area contributed by atoms with Crippen molar-refractivity contribution in [2.24, 2.45) is 5.14 Å². The van der Waals surface area contributed by atoms with Gasteiger partial charge in [0.15, 0.2) is 0 Å². The summed E-state index contributed by atoms with van der Waals surface area (Å²) in [6, 6.07) is 8.93. The monoisotopic (exact) mass is 379 g/mol. The van der Waals surface area contributed by atoms with Crippen molar-refractivity contribution in [3.8, 4) is 0 Å². The molecule has 0 radical (unpaired) electrons. The highest BCUT2D eigenvalue weighted by molar-refractivity contribution is 7.89. The van der Waals surface area contributed by atoms with Crippen molar-refractivity contribution in [2.75, 3.05) is 25.0 Å². The molecule has 6 nitrogen and oxygen atoms in total. The van der Waals surface area contributed by atoms with Crippen LogP contribution in [0.15, 0.2) is 40.6 Å². The van der Waals surface area contributed by atoms with Crippen molar-refractivity contribution in [3.63, 3.8) is 0 Å². The number of carbonyl (C=O) groups is 1. The quantitative estimate of drug-likeness (QED) is 0.861. The van der Waals surface area contributed by atoms with Crippen LogP contribution in [0.4, 0.5) is 5.69 Å². The van der Waals surface area contributed by atoms with Gasteiger partial charge in [-0.15, -0.1) is 11.3 Å². The molecule has 25 heavy (non-hydrogen) atoms. The molecule has 0 bridgehead atoms. The Morgan fingerprint density at radius 3 is 2.80 bits per heavy atom. The van der Waals surface area contributed by atoms with E-state index >= 15 is 0 Å². The molecule has 1 aliphatic rings. The fraction of sp³-hybridized carbons (Fsp3) is 0.353. The fourth-order valence-corrected chi connectivity index (χ4v) is 4.41. The first kappa shape index (κ1) is 18.1. The highest BCUT2D eigenvalue weighted by atomic mass is 32.2. The number of sulfonamides is 1. The van der Waals surface area contributed by atoms with Gasteiger partial charge >= 0.3 is 0 Å². The number of nitrogens with two attached hydrogens (primary N) is 1. The Balaban J connectivity index is 1.73. The number of carbonyl (C=O) groups excluding carboxylic acids is 1. The van der Waals surface area contributed by atoms with Gasteiger partial charge in [-0.25, -0.2) is 13.6 Å². The van der Waals surface area contributed by atoms with Gasteiger partial charge in [-0.1, -0.05) is 6.07 Å². The first-order valence-corrected chi connectivity index (χ1v) is 10.4. The van der Waals surface area contributed by atoms with E-state index in [1.807, 2.05) is 23.4 Å². The number of likely N-dealkylation sites (N-methyl/N-ethyl adjacent to an activating group) is 1. The topological polar surface area (TPSA) is 83.7 Å². The van der Waals surface area contributed by atoms with Crippen molar-refractivity contribution in [1.82, 2.24) is 4.90 Å². The van der Waals surface area contributed by atoms with E-state index in [1.165, 1.54) is 10.9 Å². The lowest BCUT2D eigenvalue weighted by atomic mass is 10.2. The lowest BCUT2D eigenvalue weighted by Crippen LogP contribution is -2.38. The van der Waals surface area contributed by atoms with E-state index in [-0.39, 0.29) is 16.8 Å². The molecule has 0 aliphatic carbocycles. The molecule has 8 heteroatoms. The molecule has 1 amide bonds. The van der Waals surface area contributed by atoms with E-state index in [9.17, 15) is 13.2 Å². The summed E-state index contributed by atoms with van der Waals surface area (Å²) in [4.78, 5) is 17.8. The Morgan fingerprint density at radius 2 is 2.16 bits per heavy atom. The second-order valence-corrected chi connectivity index (χ2v) is 8.78. The van der Waals surface area contributed by atoms with Crippen LogP contribution < -0.4 is 10.0 Å². The number of rotatable bonds is 5. The van der Waals surface area contributed by atoms with Gasteiger partial charge in [-0.05, 0) is 55.6 Å². The van der Waals surface area contributed by atoms with Gasteiger partial charge in [0.25, 0.3) is 0 Å². The summed E-state index contributed by atoms with van der Waals surface area (Å²) in [5, 5.41) is 7.21. The van der Waals surface area contributed by atoms with Crippen LogP contribution in [0, 0.1) is 0 Å². The highest BCUT2D eigenvalue weighted by Crippen LogP contribution is 2.30. The molecule has 1 aliphatic heterocycles. The smallest absolute Gasteiger partial charge is 0.241 e. The summed E-state index contributed by atoms with van der Waals surface area (Å²) in [7, 11) is -1.79. The Labute approximate surface area is 151 Å². The van der Waals surface area contributed by atoms with E-state index in [4.69, 9.17) is 5.14 Å². The number of anilines is 1. The Morgan fingerprint density at radius 1 is 1.40 bits per heavy atom. The molecule has 0 spiro atoms. The molecule has 2 heterocycles. The Hall–Kier alpha value is -1.74. The molecular weight excluding hydrogens is 358 g/mol. The Bertz CT molecular complexity index is 879. The lowest BCUT2D eigenvalue weighted by molar-refractivity contribution is -0.119. The van der Waals surface area contributed by atoms with E-state index in [1.54, 1.807) is 28.4 Å². The molecule has 2 aromatic rings. The molecule has 0 saturated carbocycles. The van der Waals surface area contributed by atoms with Crippen LogP contribution in [0.5, 0.6) is 0 Å². The predicted molar refractivity (Wildman–Crippen MR) is 99.2 cm³/mol. The molecule has 3 rings (SSSR count). The van der Waals surface area contributed by atoms with E-state index in [0.29, 0.717) is 19.5 Å². The van der Waals surface area contributed by atoms with E-state index in [2.05, 4.69) is 13.0 Å². The summed E-state index contributed by atoms with van der Waals surface area (Å²) < 4.78 is 22.9. The minimum atomic E-state index is -3.73. The number of fused-ring (bicyclic) bond motifs is 1. The minimum absolute atomic E-state index is 0.00742. The maximum atomic E-state index is 12.7. The molecule has 1 atom stereocenters. The second kappa shape index (κ2) is 6.87. The number of thiophene rings is 1. The number of benzene rings is 1. The Kier molecular flexibility index (Phi) is 4.97. The number of primary sulfonamides is 1. The minimum Gasteiger partial charge on any atom is -0.311 e. The van der Waals surface area contributed by atoms with Crippen LogP contribution in [0.3, 0.4) is 0 Å². The highest BCUT2D eigenvalue weighted by Gasteiger charge is 2.27. The summed E-state index contributed by atoms with van der Waals surface area (Å²) >= 11 is 1.68. The van der Waals surface area contributed by atoms with Gasteiger partial charge in [0.05, 0.1) is 11.4 Å². The zero-order valence-corrected chi connectivity index (χ0v) is 15.8. The van der Waals surface area contributed by atoms with Gasteiger partial charge < -0.3 is 4.90 Å². The van der Waals surface area contributed by atoms with Crippen molar-refractivity contribution in [3.05, 3.63) is 46.2 Å². The molecular formula is C17H21N3O3S2. The number of hydrogen-bond donors (Lipinski definition) is 1. The molecule has 1 unspecified atom stereocenters. The molecule has 2 N–H and O–H groups in total. The average molecular weight is 380 g/mol. The maximum Gasteiger partial charge on any atom is 0.241 e. The second-order valence-electron chi connectivity index (χ2n) is 6.24. The maximum absolute atomic E-state index is 12.7. The normalized spacial score (nSPS) is 15.4. The molecule has 134 valence electrons. The van der Waals surface area contributed by atoms with Gasteiger partial charge in [0.2, 0.25) is 15.9 Å². The summed E-state index contributed by atoms with van der Waals surface area (Å²) in [5.74, 6) is 0.00742. The molecule has 0 fully saturated rings. The van der Waals surface area contributed by atoms with Crippen molar-refractivity contribution in [1.29, 1.82) is 0 Å². The standard InChI is InChI=1S/C17H21N3O3S2/c1-12(16-4-3-9-24-16)19(2)11-17(21)20-8-7-13-10-14(25(18,22)23)5-6-15(13)20/h3-6,9-10,12H,7-8,11H2,1-2H3,(H2,18,22,23). The van der Waals surface area contributed by atoms with Crippen LogP contribution in [0.2, 0.25) is 0 Å². The van der Waals surface area contributed by atoms with Crippen LogP contribution in [-0.4, -0.2) is 39.4 Å². The van der Waals surface area contributed by atoms with Gasteiger partial charge in [-0.3, -0.25) is 9.69 Å². The average Bonchev–Trinajstić information content (AvgIpc) is 3.22. The first-order valence-electron chi connectivity index (χ1n) is 7.97. The molecule has 0 saturated heterocycles. The summed E-state index contributed by atoms with van der Waals surface area (Å²) in [6.45, 7) is 2.94. The lowest BCUT2D eigenvalue weighted by Gasteiger charge is -2.26. The molecule has 1 aromatic carbocycles. The molecule has 1 aromatic heterocycles. The van der Waals surface area contributed by atoms with Crippen LogP contribution in [0.1, 0.15) is 23.4 Å². The van der Waals surface area contributed by atoms with Gasteiger partial charge in [0, 0.05) is 23.2 Å².